The monoisotopic (exact) mass is 165 g/mol. The Kier molecular flexibility index (Phi) is 1.49. The van der Waals surface area contributed by atoms with Crippen LogP contribution in [0.5, 0.6) is 0 Å². The Balaban J connectivity index is 2.30. The molecule has 0 amide bonds. The molecular formula is C7H11N5. The molecule has 0 aromatic carbocycles. The van der Waals surface area contributed by atoms with E-state index >= 15 is 0 Å². The summed E-state index contributed by atoms with van der Waals surface area (Å²) in [5.74, 6) is 1.52. The Labute approximate surface area is 70.4 Å². The van der Waals surface area contributed by atoms with Crippen LogP contribution < -0.4 is 16.4 Å². The first kappa shape index (κ1) is 7.15. The highest BCUT2D eigenvalue weighted by Crippen LogP contribution is 2.19. The Hall–Kier alpha value is -1.52. The van der Waals surface area contributed by atoms with E-state index in [0.29, 0.717) is 5.82 Å². The molecule has 0 spiro atoms. The molecule has 1 aromatic heterocycles. The molecule has 2 rings (SSSR count). The fraction of sp³-hybridized carbons (Fsp3) is 0.429. The first-order valence-corrected chi connectivity index (χ1v) is 3.91. The van der Waals surface area contributed by atoms with Gasteiger partial charge in [0, 0.05) is 19.2 Å². The molecule has 0 atom stereocenters. The molecule has 4 N–H and O–H groups in total. The first-order valence-electron chi connectivity index (χ1n) is 3.91. The molecule has 5 nitrogen and oxygen atoms in total. The number of nitrogen functional groups attached to an aromatic ring is 2. The minimum atomic E-state index is 0.247. The lowest BCUT2D eigenvalue weighted by molar-refractivity contribution is 0.609. The zero-order valence-corrected chi connectivity index (χ0v) is 6.70. The van der Waals surface area contributed by atoms with Crippen molar-refractivity contribution in [3.63, 3.8) is 0 Å². The Bertz CT molecular complexity index is 274. The molecule has 0 aliphatic carbocycles. The van der Waals surface area contributed by atoms with Crippen molar-refractivity contribution in [1.29, 1.82) is 0 Å². The van der Waals surface area contributed by atoms with Crippen LogP contribution in [-0.2, 0) is 0 Å². The van der Waals surface area contributed by atoms with Gasteiger partial charge in [-0.15, -0.1) is 0 Å². The second-order valence-corrected chi connectivity index (χ2v) is 2.85. The van der Waals surface area contributed by atoms with Gasteiger partial charge in [0.25, 0.3) is 0 Å². The third-order valence-corrected chi connectivity index (χ3v) is 1.93. The molecular weight excluding hydrogens is 154 g/mol. The molecule has 1 saturated heterocycles. The first-order chi connectivity index (χ1) is 5.75. The van der Waals surface area contributed by atoms with Crippen LogP contribution in [0, 0.1) is 0 Å². The predicted octanol–water partition coefficient (Wildman–Crippen LogP) is -0.149. The molecule has 1 aliphatic rings. The number of anilines is 3. The van der Waals surface area contributed by atoms with E-state index in [1.165, 1.54) is 6.42 Å². The van der Waals surface area contributed by atoms with Gasteiger partial charge in [-0.1, -0.05) is 0 Å². The summed E-state index contributed by atoms with van der Waals surface area (Å²) in [7, 11) is 0. The van der Waals surface area contributed by atoms with E-state index in [1.807, 2.05) is 0 Å². The van der Waals surface area contributed by atoms with Crippen molar-refractivity contribution in [3.05, 3.63) is 6.07 Å². The number of nitrogens with two attached hydrogens (primary N) is 2. The van der Waals surface area contributed by atoms with Gasteiger partial charge in [-0.2, -0.15) is 9.97 Å². The molecule has 12 heavy (non-hydrogen) atoms. The summed E-state index contributed by atoms with van der Waals surface area (Å²) < 4.78 is 0. The fourth-order valence-corrected chi connectivity index (χ4v) is 1.18. The summed E-state index contributed by atoms with van der Waals surface area (Å²) in [6.45, 7) is 2.08. The number of hydrogen-bond acceptors (Lipinski definition) is 5. The van der Waals surface area contributed by atoms with E-state index in [4.69, 9.17) is 11.5 Å². The van der Waals surface area contributed by atoms with Gasteiger partial charge in [0.1, 0.15) is 11.6 Å². The van der Waals surface area contributed by atoms with E-state index in [-0.39, 0.29) is 5.95 Å². The minimum absolute atomic E-state index is 0.247. The fourth-order valence-electron chi connectivity index (χ4n) is 1.18. The molecule has 1 fully saturated rings. The van der Waals surface area contributed by atoms with Gasteiger partial charge in [0.2, 0.25) is 5.95 Å². The van der Waals surface area contributed by atoms with Crippen molar-refractivity contribution in [1.82, 2.24) is 9.97 Å². The zero-order valence-electron chi connectivity index (χ0n) is 6.70. The lowest BCUT2D eigenvalue weighted by Crippen LogP contribution is -2.37. The van der Waals surface area contributed by atoms with E-state index in [9.17, 15) is 0 Å². The van der Waals surface area contributed by atoms with Crippen LogP contribution in [-0.4, -0.2) is 23.1 Å². The van der Waals surface area contributed by atoms with E-state index < -0.39 is 0 Å². The molecule has 64 valence electrons. The average molecular weight is 165 g/mol. The van der Waals surface area contributed by atoms with E-state index in [0.717, 1.165) is 18.9 Å². The summed E-state index contributed by atoms with van der Waals surface area (Å²) in [6, 6.07) is 1.75. The van der Waals surface area contributed by atoms with Gasteiger partial charge < -0.3 is 16.4 Å². The molecule has 1 aliphatic heterocycles. The van der Waals surface area contributed by atoms with Gasteiger partial charge >= 0.3 is 0 Å². The topological polar surface area (TPSA) is 81.1 Å². The lowest BCUT2D eigenvalue weighted by atomic mass is 10.2. The van der Waals surface area contributed by atoms with Crippen LogP contribution in [0.2, 0.25) is 0 Å². The summed E-state index contributed by atoms with van der Waals surface area (Å²) in [4.78, 5) is 9.98. The zero-order chi connectivity index (χ0) is 8.55. The molecule has 0 bridgehead atoms. The standard InChI is InChI=1S/C7H11N5/c8-5-4-6(11-7(9)10-5)12-2-1-3-12/h4H,1-3H2,(H4,8,9,10,11). The highest BCUT2D eigenvalue weighted by atomic mass is 15.2. The van der Waals surface area contributed by atoms with Crippen molar-refractivity contribution in [2.45, 2.75) is 6.42 Å². The van der Waals surface area contributed by atoms with Crippen molar-refractivity contribution in [2.24, 2.45) is 0 Å². The smallest absolute Gasteiger partial charge is 0.223 e. The highest BCUT2D eigenvalue weighted by molar-refractivity contribution is 5.51. The normalized spacial score (nSPS) is 15.8. The summed E-state index contributed by atoms with van der Waals surface area (Å²) in [5, 5.41) is 0. The third-order valence-electron chi connectivity index (χ3n) is 1.93. The van der Waals surface area contributed by atoms with Crippen molar-refractivity contribution >= 4 is 17.6 Å². The molecule has 0 unspecified atom stereocenters. The number of nitrogens with zero attached hydrogens (tertiary/aromatic N) is 3. The number of aromatic nitrogens is 2. The predicted molar refractivity (Wildman–Crippen MR) is 47.7 cm³/mol. The Morgan fingerprint density at radius 1 is 1.25 bits per heavy atom. The minimum Gasteiger partial charge on any atom is -0.383 e. The quantitative estimate of drug-likeness (QED) is 0.605. The molecule has 0 saturated carbocycles. The maximum Gasteiger partial charge on any atom is 0.223 e. The van der Waals surface area contributed by atoms with Gasteiger partial charge in [0.15, 0.2) is 0 Å². The molecule has 5 heteroatoms. The largest absolute Gasteiger partial charge is 0.383 e. The third kappa shape index (κ3) is 1.13. The molecule has 1 aromatic rings. The second kappa shape index (κ2) is 2.51. The van der Waals surface area contributed by atoms with Crippen molar-refractivity contribution < 1.29 is 0 Å². The SMILES string of the molecule is Nc1cc(N2CCC2)nc(N)n1. The van der Waals surface area contributed by atoms with Crippen LogP contribution in [0.4, 0.5) is 17.6 Å². The van der Waals surface area contributed by atoms with E-state index in [2.05, 4.69) is 14.9 Å². The maximum atomic E-state index is 5.52. The molecule has 0 radical (unpaired) electrons. The second-order valence-electron chi connectivity index (χ2n) is 2.85. The van der Waals surface area contributed by atoms with Crippen LogP contribution in [0.25, 0.3) is 0 Å². The Morgan fingerprint density at radius 3 is 2.50 bits per heavy atom. The lowest BCUT2D eigenvalue weighted by Gasteiger charge is -2.31. The maximum absolute atomic E-state index is 5.52. The molecule has 2 heterocycles. The number of rotatable bonds is 1. The summed E-state index contributed by atoms with van der Waals surface area (Å²) >= 11 is 0. The average Bonchev–Trinajstić information content (AvgIpc) is 1.79. The van der Waals surface area contributed by atoms with Gasteiger partial charge in [0.05, 0.1) is 0 Å². The Morgan fingerprint density at radius 2 is 2.00 bits per heavy atom. The van der Waals surface area contributed by atoms with Gasteiger partial charge in [-0.3, -0.25) is 0 Å². The van der Waals surface area contributed by atoms with Crippen molar-refractivity contribution in [3.8, 4) is 0 Å². The van der Waals surface area contributed by atoms with Crippen LogP contribution in [0.3, 0.4) is 0 Å². The van der Waals surface area contributed by atoms with Crippen LogP contribution in [0.1, 0.15) is 6.42 Å². The highest BCUT2D eigenvalue weighted by Gasteiger charge is 2.16. The van der Waals surface area contributed by atoms with Crippen LogP contribution >= 0.6 is 0 Å². The van der Waals surface area contributed by atoms with Gasteiger partial charge in [-0.05, 0) is 6.42 Å². The van der Waals surface area contributed by atoms with E-state index in [1.54, 1.807) is 6.07 Å². The summed E-state index contributed by atoms with van der Waals surface area (Å²) in [6.07, 6.45) is 1.21. The number of hydrogen-bond donors (Lipinski definition) is 2. The van der Waals surface area contributed by atoms with Gasteiger partial charge in [-0.25, -0.2) is 0 Å². The summed E-state index contributed by atoms with van der Waals surface area (Å²) in [5.41, 5.74) is 11.0. The van der Waals surface area contributed by atoms with Crippen LogP contribution in [0.15, 0.2) is 6.07 Å². The van der Waals surface area contributed by atoms with Crippen molar-refractivity contribution in [2.75, 3.05) is 29.5 Å².